The molecule has 0 spiro atoms. The maximum absolute atomic E-state index is 13.2. The van der Waals surface area contributed by atoms with Gasteiger partial charge in [-0.05, 0) is 147 Å². The fourth-order valence-electron chi connectivity index (χ4n) is 11.1. The number of pyridine rings is 2. The van der Waals surface area contributed by atoms with Crippen LogP contribution in [0.2, 0.25) is 0 Å². The smallest absolute Gasteiger partial charge is 0.257 e. The van der Waals surface area contributed by atoms with Crippen LogP contribution < -0.4 is 10.6 Å². The number of allylic oxidation sites excluding steroid dienone is 2. The second-order valence-corrected chi connectivity index (χ2v) is 19.9. The summed E-state index contributed by atoms with van der Waals surface area (Å²) in [6.07, 6.45) is 22.1. The Morgan fingerprint density at radius 3 is 1.55 bits per heavy atom. The zero-order chi connectivity index (χ0) is 47.6. The Balaban J connectivity index is 0.000000160. The molecule has 2 aliphatic heterocycles. The number of hydrogen-bond acceptors (Lipinski definition) is 8. The monoisotopic (exact) mass is 929 g/mol. The second kappa shape index (κ2) is 20.6. The van der Waals surface area contributed by atoms with Crippen molar-refractivity contribution in [1.82, 2.24) is 28.9 Å². The first-order valence-corrected chi connectivity index (χ1v) is 25.4. The van der Waals surface area contributed by atoms with Crippen LogP contribution in [-0.4, -0.2) is 105 Å². The molecule has 12 nitrogen and oxygen atoms in total. The van der Waals surface area contributed by atoms with Crippen LogP contribution >= 0.6 is 0 Å². The lowest BCUT2D eigenvalue weighted by Gasteiger charge is -2.36. The van der Waals surface area contributed by atoms with Gasteiger partial charge >= 0.3 is 0 Å². The van der Waals surface area contributed by atoms with Crippen LogP contribution in [0.5, 0.6) is 0 Å². The third-order valence-electron chi connectivity index (χ3n) is 15.2. The molecular weight excluding hydrogens is 861 g/mol. The fraction of sp³-hybridized carbons (Fsp3) is 0.439. The number of ether oxygens (including phenoxy) is 2. The van der Waals surface area contributed by atoms with Gasteiger partial charge in [0, 0.05) is 86.6 Å². The van der Waals surface area contributed by atoms with Gasteiger partial charge in [-0.2, -0.15) is 0 Å². The largest absolute Gasteiger partial charge is 0.379 e. The van der Waals surface area contributed by atoms with Gasteiger partial charge in [0.1, 0.15) is 0 Å². The van der Waals surface area contributed by atoms with Gasteiger partial charge in [0.05, 0.1) is 72.7 Å². The Labute approximate surface area is 406 Å². The maximum Gasteiger partial charge on any atom is 0.257 e. The lowest BCUT2D eigenvalue weighted by molar-refractivity contribution is 0.0150. The van der Waals surface area contributed by atoms with E-state index in [0.29, 0.717) is 23.6 Å². The van der Waals surface area contributed by atoms with Crippen molar-refractivity contribution in [1.29, 1.82) is 0 Å². The first kappa shape index (κ1) is 46.8. The Hall–Kier alpha value is -5.92. The molecule has 11 rings (SSSR count). The summed E-state index contributed by atoms with van der Waals surface area (Å²) in [6.45, 7) is 13.8. The molecule has 3 fully saturated rings. The Kier molecular flexibility index (Phi) is 14.0. The van der Waals surface area contributed by atoms with Crippen molar-refractivity contribution in [3.05, 3.63) is 130 Å². The van der Waals surface area contributed by atoms with Gasteiger partial charge in [-0.15, -0.1) is 0 Å². The van der Waals surface area contributed by atoms with Gasteiger partial charge in [0.25, 0.3) is 11.8 Å². The number of morpholine rings is 2. The first-order valence-electron chi connectivity index (χ1n) is 25.4. The van der Waals surface area contributed by atoms with Crippen LogP contribution in [0.15, 0.2) is 85.5 Å². The normalized spacial score (nSPS) is 20.2. The van der Waals surface area contributed by atoms with Crippen molar-refractivity contribution < 1.29 is 19.1 Å². The van der Waals surface area contributed by atoms with Gasteiger partial charge in [-0.1, -0.05) is 31.2 Å². The number of hydrogen-bond donors (Lipinski definition) is 2. The van der Waals surface area contributed by atoms with E-state index in [0.717, 1.165) is 159 Å². The number of carbonyl (C=O) groups excluding carboxylic acids is 2. The Morgan fingerprint density at radius 2 is 1.12 bits per heavy atom. The van der Waals surface area contributed by atoms with Crippen LogP contribution in [0, 0.1) is 13.8 Å². The van der Waals surface area contributed by atoms with E-state index in [-0.39, 0.29) is 11.8 Å². The highest BCUT2D eigenvalue weighted by Gasteiger charge is 2.28. The number of benzene rings is 2. The first-order chi connectivity index (χ1) is 33.6. The number of carbonyl (C=O) groups is 2. The summed E-state index contributed by atoms with van der Waals surface area (Å²) in [5.74, 6) is 0.480. The Morgan fingerprint density at radius 1 is 0.638 bits per heavy atom. The van der Waals surface area contributed by atoms with E-state index >= 15 is 0 Å². The summed E-state index contributed by atoms with van der Waals surface area (Å²) < 4.78 is 15.0. The molecule has 6 aromatic rings. The number of aromatic nitrogens is 4. The summed E-state index contributed by atoms with van der Waals surface area (Å²) in [7, 11) is 3.98. The average Bonchev–Trinajstić information content (AvgIpc) is 4.11. The molecular formula is C57H68N8O4. The molecule has 360 valence electrons. The molecule has 2 aromatic carbocycles. The minimum Gasteiger partial charge on any atom is -0.379 e. The minimum atomic E-state index is -0.0990. The summed E-state index contributed by atoms with van der Waals surface area (Å²) in [4.78, 5) is 41.1. The molecule has 2 unspecified atom stereocenters. The van der Waals surface area contributed by atoms with E-state index < -0.39 is 0 Å². The molecule has 69 heavy (non-hydrogen) atoms. The summed E-state index contributed by atoms with van der Waals surface area (Å²) in [5.41, 5.74) is 14.6. The zero-order valence-electron chi connectivity index (χ0n) is 41.2. The molecule has 2 atom stereocenters. The van der Waals surface area contributed by atoms with Crippen molar-refractivity contribution in [2.45, 2.75) is 96.6 Å². The van der Waals surface area contributed by atoms with Crippen LogP contribution in [0.3, 0.4) is 0 Å². The molecule has 1 saturated carbocycles. The van der Waals surface area contributed by atoms with Crippen molar-refractivity contribution in [2.24, 2.45) is 14.1 Å². The number of fused-ring (bicyclic) bond motifs is 2. The van der Waals surface area contributed by atoms with Gasteiger partial charge in [-0.25, -0.2) is 0 Å². The van der Waals surface area contributed by atoms with E-state index in [1.807, 2.05) is 41.7 Å². The standard InChI is InChI=1S/C29H34N4O2.C28H34N4O2/c1-19-15-23(17-30-28(19)21-5-8-24(9-6-21)33-11-13-35-14-12-33)31-29(34)26-18-32(2)27-10-7-22(16-25(26)27)20-3-4-20;1-4-20-5-10-26-24(16-20)25(18-31(26)3)28(33)30-22-15-19(2)27(29-17-22)21-6-8-23(9-7-21)32-11-13-34-14-12-32/h5,7,10,15-18,20,24H,3-4,6,8-9,11-14H2,1-2H3,(H,31,34);5-6,10,15-18,23H,4,7-9,11-14H2,1-3H3,(H,30,33). The number of anilines is 2. The average molecular weight is 929 g/mol. The molecule has 0 bridgehead atoms. The van der Waals surface area contributed by atoms with E-state index in [2.05, 4.69) is 95.8 Å². The number of rotatable bonds is 10. The van der Waals surface area contributed by atoms with E-state index in [4.69, 9.17) is 19.4 Å². The van der Waals surface area contributed by atoms with Crippen LogP contribution in [0.25, 0.3) is 33.0 Å². The number of nitrogens with zero attached hydrogens (tertiary/aromatic N) is 6. The van der Waals surface area contributed by atoms with E-state index in [1.165, 1.54) is 35.1 Å². The van der Waals surface area contributed by atoms with E-state index in [9.17, 15) is 9.59 Å². The molecule has 2 N–H and O–H groups in total. The lowest BCUT2D eigenvalue weighted by Crippen LogP contribution is -2.43. The number of nitrogens with one attached hydrogen (secondary N) is 2. The molecule has 2 amide bonds. The van der Waals surface area contributed by atoms with Gasteiger partial charge in [0.2, 0.25) is 0 Å². The highest BCUT2D eigenvalue weighted by molar-refractivity contribution is 6.14. The molecule has 0 radical (unpaired) electrons. The topological polar surface area (TPSA) is 119 Å². The van der Waals surface area contributed by atoms with Gasteiger partial charge < -0.3 is 29.2 Å². The number of aryl methyl sites for hydroxylation is 5. The molecule has 5 aliphatic rings. The molecule has 2 saturated heterocycles. The Bertz CT molecular complexity index is 2930. The highest BCUT2D eigenvalue weighted by Crippen LogP contribution is 2.41. The van der Waals surface area contributed by atoms with Crippen molar-refractivity contribution in [3.8, 4) is 0 Å². The summed E-state index contributed by atoms with van der Waals surface area (Å²) >= 11 is 0. The third kappa shape index (κ3) is 10.4. The molecule has 3 aliphatic carbocycles. The van der Waals surface area contributed by atoms with Gasteiger partial charge in [0.15, 0.2) is 0 Å². The lowest BCUT2D eigenvalue weighted by atomic mass is 9.90. The fourth-order valence-corrected chi connectivity index (χ4v) is 11.1. The molecule has 6 heterocycles. The van der Waals surface area contributed by atoms with E-state index in [1.54, 1.807) is 12.4 Å². The van der Waals surface area contributed by atoms with Crippen molar-refractivity contribution >= 4 is 56.1 Å². The minimum absolute atomic E-state index is 0.0808. The second-order valence-electron chi connectivity index (χ2n) is 19.9. The predicted molar refractivity (Wildman–Crippen MR) is 277 cm³/mol. The molecule has 12 heteroatoms. The highest BCUT2D eigenvalue weighted by atomic mass is 16.5. The molecule has 4 aromatic heterocycles. The zero-order valence-corrected chi connectivity index (χ0v) is 41.2. The number of amides is 2. The summed E-state index contributed by atoms with van der Waals surface area (Å²) in [6, 6.07) is 18.2. The van der Waals surface area contributed by atoms with Crippen LogP contribution in [0.4, 0.5) is 11.4 Å². The van der Waals surface area contributed by atoms with Crippen molar-refractivity contribution in [2.75, 3.05) is 63.2 Å². The SMILES string of the molecule is CCc1ccc2c(c1)c(C(=O)Nc1cnc(C3=CCC(N4CCOCC4)CC3)c(C)c1)cn2C.Cc1cc(NC(=O)c2cn(C)c3ccc(C4CC4)cc23)cnc1C1=CCC(N2CCOCC2)CC1. The third-order valence-corrected chi connectivity index (χ3v) is 15.2. The predicted octanol–water partition coefficient (Wildman–Crippen LogP) is 10.2. The quantitative estimate of drug-likeness (QED) is 0.139. The van der Waals surface area contributed by atoms with Gasteiger partial charge in [-0.3, -0.25) is 29.4 Å². The van der Waals surface area contributed by atoms with Crippen molar-refractivity contribution in [3.63, 3.8) is 0 Å². The van der Waals surface area contributed by atoms with Crippen LogP contribution in [0.1, 0.15) is 119 Å². The van der Waals surface area contributed by atoms with Crippen LogP contribution in [-0.2, 0) is 30.0 Å². The maximum atomic E-state index is 13.2. The summed E-state index contributed by atoms with van der Waals surface area (Å²) in [5, 5.41) is 8.18.